The van der Waals surface area contributed by atoms with E-state index in [1.807, 2.05) is 0 Å². The lowest BCUT2D eigenvalue weighted by atomic mass is 9.84. The van der Waals surface area contributed by atoms with E-state index in [2.05, 4.69) is 10.0 Å². The van der Waals surface area contributed by atoms with Crippen molar-refractivity contribution in [3.8, 4) is 0 Å². The number of ether oxygens (including phenoxy) is 1. The Morgan fingerprint density at radius 1 is 1.11 bits per heavy atom. The fourth-order valence-electron chi connectivity index (χ4n) is 3.81. The van der Waals surface area contributed by atoms with Crippen LogP contribution in [0.1, 0.15) is 48.9 Å². The van der Waals surface area contributed by atoms with E-state index in [1.165, 1.54) is 12.1 Å². The molecule has 28 heavy (non-hydrogen) atoms. The zero-order chi connectivity index (χ0) is 19.3. The maximum atomic E-state index is 12.5. The number of amides is 1. The smallest absolute Gasteiger partial charge is 0.251 e. The van der Waals surface area contributed by atoms with E-state index in [4.69, 9.17) is 10.5 Å². The van der Waals surface area contributed by atoms with E-state index < -0.39 is 10.0 Å². The summed E-state index contributed by atoms with van der Waals surface area (Å²) in [5, 5.41) is 3.06. The molecule has 1 aromatic rings. The van der Waals surface area contributed by atoms with Gasteiger partial charge in [0.25, 0.3) is 5.91 Å². The Morgan fingerprint density at radius 3 is 2.46 bits per heavy atom. The minimum Gasteiger partial charge on any atom is -0.377 e. The average Bonchev–Trinajstić information content (AvgIpc) is 3.21. The molecule has 1 saturated carbocycles. The van der Waals surface area contributed by atoms with Gasteiger partial charge in [0, 0.05) is 24.8 Å². The van der Waals surface area contributed by atoms with Crippen molar-refractivity contribution in [3.63, 3.8) is 0 Å². The van der Waals surface area contributed by atoms with Crippen LogP contribution in [0, 0.1) is 5.92 Å². The molecule has 158 valence electrons. The zero-order valence-electron chi connectivity index (χ0n) is 15.9. The summed E-state index contributed by atoms with van der Waals surface area (Å²) in [6, 6.07) is 6.13. The Balaban J connectivity index is 0.00000280. The first-order chi connectivity index (χ1) is 13.0. The van der Waals surface area contributed by atoms with Crippen molar-refractivity contribution < 1.29 is 17.9 Å². The molecule has 1 aliphatic carbocycles. The molecule has 7 nitrogen and oxygen atoms in total. The molecule has 2 fully saturated rings. The summed E-state index contributed by atoms with van der Waals surface area (Å²) in [5.74, 6) is 0.126. The third-order valence-corrected chi connectivity index (χ3v) is 6.92. The quantitative estimate of drug-likeness (QED) is 0.609. The maximum absolute atomic E-state index is 12.5. The summed E-state index contributed by atoms with van der Waals surface area (Å²) >= 11 is 0. The van der Waals surface area contributed by atoms with Crippen LogP contribution in [-0.2, 0) is 14.8 Å². The highest BCUT2D eigenvalue weighted by atomic mass is 35.5. The monoisotopic (exact) mass is 431 g/mol. The van der Waals surface area contributed by atoms with E-state index in [0.717, 1.165) is 38.5 Å². The molecular weight excluding hydrogens is 402 g/mol. The molecule has 0 aromatic heterocycles. The highest BCUT2D eigenvalue weighted by Crippen LogP contribution is 2.24. The number of benzene rings is 1. The van der Waals surface area contributed by atoms with Crippen LogP contribution in [0.25, 0.3) is 0 Å². The van der Waals surface area contributed by atoms with Gasteiger partial charge in [-0.3, -0.25) is 4.79 Å². The lowest BCUT2D eigenvalue weighted by Gasteiger charge is -2.31. The second kappa shape index (κ2) is 10.5. The predicted octanol–water partition coefficient (Wildman–Crippen LogP) is 1.81. The molecule has 4 N–H and O–H groups in total. The second-order valence-electron chi connectivity index (χ2n) is 7.37. The van der Waals surface area contributed by atoms with E-state index in [-0.39, 0.29) is 41.9 Å². The van der Waals surface area contributed by atoms with Crippen LogP contribution >= 0.6 is 12.4 Å². The Bertz CT molecular complexity index is 736. The summed E-state index contributed by atoms with van der Waals surface area (Å²) in [5.41, 5.74) is 6.27. The first-order valence-corrected chi connectivity index (χ1v) is 11.2. The number of nitrogens with two attached hydrogens (primary N) is 1. The minimum atomic E-state index is -3.61. The fourth-order valence-corrected chi connectivity index (χ4v) is 4.87. The van der Waals surface area contributed by atoms with E-state index >= 15 is 0 Å². The summed E-state index contributed by atoms with van der Waals surface area (Å²) < 4.78 is 32.8. The van der Waals surface area contributed by atoms with Crippen molar-refractivity contribution >= 4 is 28.3 Å². The molecule has 3 atom stereocenters. The van der Waals surface area contributed by atoms with Crippen molar-refractivity contribution in [3.05, 3.63) is 29.8 Å². The van der Waals surface area contributed by atoms with Gasteiger partial charge in [-0.15, -0.1) is 12.4 Å². The molecule has 1 heterocycles. The second-order valence-corrected chi connectivity index (χ2v) is 9.14. The zero-order valence-corrected chi connectivity index (χ0v) is 17.6. The van der Waals surface area contributed by atoms with Crippen molar-refractivity contribution in [2.45, 2.75) is 55.6 Å². The number of hydrogen-bond donors (Lipinski definition) is 3. The molecule has 0 spiro atoms. The van der Waals surface area contributed by atoms with Gasteiger partial charge in [0.1, 0.15) is 0 Å². The molecule has 3 unspecified atom stereocenters. The molecule has 1 aromatic carbocycles. The standard InChI is InChI=1S/C19H29N3O4S.ClH/c20-12-15-4-1-2-6-18(15)22-19(23)14-7-9-17(10-8-14)27(24,25)21-13-16-5-3-11-26-16;/h7-10,15-16,18,21H,1-6,11-13,20H2,(H,22,23);1H. The lowest BCUT2D eigenvalue weighted by Crippen LogP contribution is -2.44. The normalized spacial score (nSPS) is 25.1. The van der Waals surface area contributed by atoms with Crippen molar-refractivity contribution in [1.82, 2.24) is 10.0 Å². The molecule has 0 radical (unpaired) electrons. The molecular formula is C19H30ClN3O4S. The van der Waals surface area contributed by atoms with Gasteiger partial charge in [-0.05, 0) is 62.4 Å². The number of sulfonamides is 1. The van der Waals surface area contributed by atoms with Crippen molar-refractivity contribution in [1.29, 1.82) is 0 Å². The van der Waals surface area contributed by atoms with Crippen molar-refractivity contribution in [2.75, 3.05) is 19.7 Å². The molecule has 0 bridgehead atoms. The van der Waals surface area contributed by atoms with Gasteiger partial charge in [0.2, 0.25) is 10.0 Å². The topological polar surface area (TPSA) is 111 Å². The third kappa shape index (κ3) is 5.90. The SMILES string of the molecule is Cl.NCC1CCCCC1NC(=O)c1ccc(S(=O)(=O)NCC2CCCO2)cc1. The molecule has 1 amide bonds. The molecule has 2 aliphatic rings. The summed E-state index contributed by atoms with van der Waals surface area (Å²) in [4.78, 5) is 12.6. The van der Waals surface area contributed by atoms with Gasteiger partial charge in [0.05, 0.1) is 11.0 Å². The number of halogens is 1. The first-order valence-electron chi connectivity index (χ1n) is 9.72. The van der Waals surface area contributed by atoms with Crippen LogP contribution in [0.15, 0.2) is 29.2 Å². The maximum Gasteiger partial charge on any atom is 0.251 e. The van der Waals surface area contributed by atoms with Crippen LogP contribution in [0.5, 0.6) is 0 Å². The van der Waals surface area contributed by atoms with Gasteiger partial charge in [0.15, 0.2) is 0 Å². The van der Waals surface area contributed by atoms with Crippen LogP contribution in [0.2, 0.25) is 0 Å². The summed E-state index contributed by atoms with van der Waals surface area (Å²) in [6.45, 7) is 1.52. The summed E-state index contributed by atoms with van der Waals surface area (Å²) in [6.07, 6.45) is 5.99. The fraction of sp³-hybridized carbons (Fsp3) is 0.632. The average molecular weight is 432 g/mol. The van der Waals surface area contributed by atoms with Gasteiger partial charge < -0.3 is 15.8 Å². The number of carbonyl (C=O) groups is 1. The highest BCUT2D eigenvalue weighted by Gasteiger charge is 2.26. The van der Waals surface area contributed by atoms with Crippen LogP contribution in [0.4, 0.5) is 0 Å². The molecule has 1 aliphatic heterocycles. The van der Waals surface area contributed by atoms with E-state index in [0.29, 0.717) is 24.6 Å². The number of rotatable bonds is 7. The minimum absolute atomic E-state index is 0. The Hall–Kier alpha value is -1.19. The van der Waals surface area contributed by atoms with E-state index in [1.54, 1.807) is 12.1 Å². The van der Waals surface area contributed by atoms with Crippen molar-refractivity contribution in [2.24, 2.45) is 11.7 Å². The Kier molecular flexibility index (Phi) is 8.70. The van der Waals surface area contributed by atoms with Gasteiger partial charge in [-0.1, -0.05) is 12.8 Å². The number of hydrogen-bond acceptors (Lipinski definition) is 5. The van der Waals surface area contributed by atoms with Crippen LogP contribution < -0.4 is 15.8 Å². The van der Waals surface area contributed by atoms with Crippen LogP contribution in [-0.4, -0.2) is 46.2 Å². The number of carbonyl (C=O) groups excluding carboxylic acids is 1. The summed E-state index contributed by atoms with van der Waals surface area (Å²) in [7, 11) is -3.61. The van der Waals surface area contributed by atoms with Gasteiger partial charge in [-0.25, -0.2) is 13.1 Å². The Morgan fingerprint density at radius 2 is 1.82 bits per heavy atom. The predicted molar refractivity (Wildman–Crippen MR) is 110 cm³/mol. The molecule has 9 heteroatoms. The lowest BCUT2D eigenvalue weighted by molar-refractivity contribution is 0.0908. The highest BCUT2D eigenvalue weighted by molar-refractivity contribution is 7.89. The van der Waals surface area contributed by atoms with E-state index in [9.17, 15) is 13.2 Å². The molecule has 3 rings (SSSR count). The largest absolute Gasteiger partial charge is 0.377 e. The molecule has 1 saturated heterocycles. The Labute approximate surface area is 173 Å². The first kappa shape index (κ1) is 23.1. The number of nitrogens with one attached hydrogen (secondary N) is 2. The van der Waals surface area contributed by atoms with Crippen LogP contribution in [0.3, 0.4) is 0 Å². The van der Waals surface area contributed by atoms with Gasteiger partial charge in [-0.2, -0.15) is 0 Å². The third-order valence-electron chi connectivity index (χ3n) is 5.48. The van der Waals surface area contributed by atoms with Gasteiger partial charge >= 0.3 is 0 Å².